The van der Waals surface area contributed by atoms with Gasteiger partial charge in [-0.2, -0.15) is 0 Å². The molecule has 0 aromatic heterocycles. The predicted molar refractivity (Wildman–Crippen MR) is 97.6 cm³/mol. The van der Waals surface area contributed by atoms with Crippen LogP contribution in [0.25, 0.3) is 0 Å². The number of hydrogen-bond acceptors (Lipinski definition) is 3. The molecule has 2 amide bonds. The lowest BCUT2D eigenvalue weighted by Gasteiger charge is -2.14. The summed E-state index contributed by atoms with van der Waals surface area (Å²) in [5.41, 5.74) is 3.54. The highest BCUT2D eigenvalue weighted by Gasteiger charge is 2.23. The molecule has 1 heterocycles. The van der Waals surface area contributed by atoms with Crippen molar-refractivity contribution in [1.29, 1.82) is 0 Å². The number of nitrogens with one attached hydrogen (secondary N) is 1. The van der Waals surface area contributed by atoms with Gasteiger partial charge in [-0.05, 0) is 54.3 Å². The van der Waals surface area contributed by atoms with Crippen LogP contribution in [-0.4, -0.2) is 36.0 Å². The van der Waals surface area contributed by atoms with E-state index in [0.717, 1.165) is 23.2 Å². The summed E-state index contributed by atoms with van der Waals surface area (Å²) in [5.74, 6) is -1.14. The number of carboxylic acids is 1. The predicted octanol–water partition coefficient (Wildman–Crippen LogP) is 2.27. The molecule has 0 unspecified atom stereocenters. The zero-order valence-electron chi connectivity index (χ0n) is 14.5. The molecule has 26 heavy (non-hydrogen) atoms. The van der Waals surface area contributed by atoms with Crippen LogP contribution in [0.3, 0.4) is 0 Å². The van der Waals surface area contributed by atoms with Gasteiger partial charge in [-0.1, -0.05) is 12.1 Å². The zero-order valence-corrected chi connectivity index (χ0v) is 14.5. The SMILES string of the molecule is CC(=O)N1CCc2cc(C(=O)NCCc3cccc(C(=O)O)c3)ccc21. The van der Waals surface area contributed by atoms with Crippen molar-refractivity contribution >= 4 is 23.5 Å². The van der Waals surface area contributed by atoms with Crippen molar-refractivity contribution in [3.05, 3.63) is 64.7 Å². The average Bonchev–Trinajstić information content (AvgIpc) is 3.05. The number of benzene rings is 2. The fourth-order valence-electron chi connectivity index (χ4n) is 3.15. The Morgan fingerprint density at radius 3 is 2.65 bits per heavy atom. The van der Waals surface area contributed by atoms with E-state index in [1.165, 1.54) is 6.92 Å². The third-order valence-corrected chi connectivity index (χ3v) is 4.49. The molecular weight excluding hydrogens is 332 g/mol. The number of carboxylic acid groups (broad SMARTS) is 1. The number of amides is 2. The molecule has 0 saturated heterocycles. The minimum atomic E-state index is -0.964. The summed E-state index contributed by atoms with van der Waals surface area (Å²) in [6, 6.07) is 12.1. The number of carbonyl (C=O) groups is 3. The molecule has 1 aliphatic rings. The molecule has 0 aliphatic carbocycles. The number of aromatic carboxylic acids is 1. The van der Waals surface area contributed by atoms with Crippen molar-refractivity contribution in [2.24, 2.45) is 0 Å². The van der Waals surface area contributed by atoms with Gasteiger partial charge < -0.3 is 15.3 Å². The largest absolute Gasteiger partial charge is 0.478 e. The summed E-state index contributed by atoms with van der Waals surface area (Å²) in [6.45, 7) is 2.60. The molecule has 134 valence electrons. The number of rotatable bonds is 5. The van der Waals surface area contributed by atoms with Gasteiger partial charge in [-0.3, -0.25) is 9.59 Å². The van der Waals surface area contributed by atoms with Crippen molar-refractivity contribution in [2.45, 2.75) is 19.8 Å². The molecule has 2 aromatic rings. The van der Waals surface area contributed by atoms with E-state index >= 15 is 0 Å². The summed E-state index contributed by atoms with van der Waals surface area (Å²) in [7, 11) is 0. The summed E-state index contributed by atoms with van der Waals surface area (Å²) in [5, 5.41) is 11.9. The second-order valence-corrected chi connectivity index (χ2v) is 6.28. The van der Waals surface area contributed by atoms with Crippen LogP contribution in [0, 0.1) is 0 Å². The van der Waals surface area contributed by atoms with E-state index in [-0.39, 0.29) is 17.4 Å². The molecule has 6 nitrogen and oxygen atoms in total. The second kappa shape index (κ2) is 7.39. The lowest BCUT2D eigenvalue weighted by Crippen LogP contribution is -2.26. The Bertz CT molecular complexity index is 876. The van der Waals surface area contributed by atoms with Crippen molar-refractivity contribution in [2.75, 3.05) is 18.0 Å². The zero-order chi connectivity index (χ0) is 18.7. The topological polar surface area (TPSA) is 86.7 Å². The third kappa shape index (κ3) is 3.74. The number of nitrogens with zero attached hydrogens (tertiary/aromatic N) is 1. The molecule has 6 heteroatoms. The Labute approximate surface area is 151 Å². The van der Waals surface area contributed by atoms with E-state index in [1.54, 1.807) is 29.2 Å². The Morgan fingerprint density at radius 1 is 1.12 bits per heavy atom. The van der Waals surface area contributed by atoms with E-state index in [9.17, 15) is 14.4 Å². The van der Waals surface area contributed by atoms with E-state index in [2.05, 4.69) is 5.32 Å². The lowest BCUT2D eigenvalue weighted by molar-refractivity contribution is -0.116. The van der Waals surface area contributed by atoms with Gasteiger partial charge in [0.05, 0.1) is 5.56 Å². The molecule has 2 aromatic carbocycles. The minimum absolute atomic E-state index is 0.00421. The molecule has 0 spiro atoms. The maximum Gasteiger partial charge on any atom is 0.335 e. The summed E-state index contributed by atoms with van der Waals surface area (Å²) in [4.78, 5) is 36.6. The van der Waals surface area contributed by atoms with Crippen LogP contribution in [0.15, 0.2) is 42.5 Å². The fourth-order valence-corrected chi connectivity index (χ4v) is 3.15. The number of fused-ring (bicyclic) bond motifs is 1. The Balaban J connectivity index is 1.60. The number of anilines is 1. The first-order chi connectivity index (χ1) is 12.5. The smallest absolute Gasteiger partial charge is 0.335 e. The van der Waals surface area contributed by atoms with Gasteiger partial charge in [-0.25, -0.2) is 4.79 Å². The highest BCUT2D eigenvalue weighted by atomic mass is 16.4. The molecule has 2 N–H and O–H groups in total. The van der Waals surface area contributed by atoms with Crippen LogP contribution in [0.4, 0.5) is 5.69 Å². The standard InChI is InChI=1S/C20H20N2O4/c1-13(23)22-10-8-15-12-16(5-6-18(15)22)19(24)21-9-7-14-3-2-4-17(11-14)20(25)26/h2-6,11-12H,7-10H2,1H3,(H,21,24)(H,25,26). The number of carbonyl (C=O) groups excluding carboxylic acids is 2. The van der Waals surface area contributed by atoms with Crippen LogP contribution in [0.2, 0.25) is 0 Å². The molecule has 3 rings (SSSR count). The fraction of sp³-hybridized carbons (Fsp3) is 0.250. The van der Waals surface area contributed by atoms with Crippen LogP contribution < -0.4 is 10.2 Å². The Kier molecular flexibility index (Phi) is 5.02. The Hall–Kier alpha value is -3.15. The van der Waals surface area contributed by atoms with Crippen molar-refractivity contribution < 1.29 is 19.5 Å². The summed E-state index contributed by atoms with van der Waals surface area (Å²) >= 11 is 0. The second-order valence-electron chi connectivity index (χ2n) is 6.28. The van der Waals surface area contributed by atoms with Crippen LogP contribution in [0.1, 0.15) is 38.8 Å². The van der Waals surface area contributed by atoms with E-state index in [4.69, 9.17) is 5.11 Å². The monoisotopic (exact) mass is 352 g/mol. The van der Waals surface area contributed by atoms with Gasteiger partial charge in [0.15, 0.2) is 0 Å². The highest BCUT2D eigenvalue weighted by molar-refractivity contribution is 5.97. The molecular formula is C20H20N2O4. The molecule has 0 bridgehead atoms. The first kappa shape index (κ1) is 17.7. The quantitative estimate of drug-likeness (QED) is 0.864. The summed E-state index contributed by atoms with van der Waals surface area (Å²) < 4.78 is 0. The van der Waals surface area contributed by atoms with E-state index in [0.29, 0.717) is 25.1 Å². The van der Waals surface area contributed by atoms with Gasteiger partial charge in [0.1, 0.15) is 0 Å². The molecule has 1 aliphatic heterocycles. The molecule has 0 fully saturated rings. The summed E-state index contributed by atoms with van der Waals surface area (Å²) in [6.07, 6.45) is 1.30. The van der Waals surface area contributed by atoms with Crippen molar-refractivity contribution in [3.63, 3.8) is 0 Å². The molecule has 0 saturated carbocycles. The van der Waals surface area contributed by atoms with Gasteiger partial charge in [0.25, 0.3) is 5.91 Å². The number of hydrogen-bond donors (Lipinski definition) is 2. The first-order valence-electron chi connectivity index (χ1n) is 8.47. The highest BCUT2D eigenvalue weighted by Crippen LogP contribution is 2.28. The van der Waals surface area contributed by atoms with Crippen molar-refractivity contribution in [3.8, 4) is 0 Å². The lowest BCUT2D eigenvalue weighted by atomic mass is 10.1. The van der Waals surface area contributed by atoms with E-state index < -0.39 is 5.97 Å². The maximum atomic E-state index is 12.3. The third-order valence-electron chi connectivity index (χ3n) is 4.49. The van der Waals surface area contributed by atoms with Gasteiger partial charge in [0, 0.05) is 31.3 Å². The van der Waals surface area contributed by atoms with Crippen LogP contribution in [-0.2, 0) is 17.6 Å². The molecule has 0 atom stereocenters. The van der Waals surface area contributed by atoms with Gasteiger partial charge in [0.2, 0.25) is 5.91 Å². The maximum absolute atomic E-state index is 12.3. The van der Waals surface area contributed by atoms with Crippen molar-refractivity contribution in [1.82, 2.24) is 5.32 Å². The van der Waals surface area contributed by atoms with E-state index in [1.807, 2.05) is 18.2 Å². The average molecular weight is 352 g/mol. The normalized spacial score (nSPS) is 12.6. The molecule has 0 radical (unpaired) electrons. The minimum Gasteiger partial charge on any atom is -0.478 e. The van der Waals surface area contributed by atoms with Crippen LogP contribution >= 0.6 is 0 Å². The van der Waals surface area contributed by atoms with Gasteiger partial charge >= 0.3 is 5.97 Å². The van der Waals surface area contributed by atoms with Crippen LogP contribution in [0.5, 0.6) is 0 Å². The first-order valence-corrected chi connectivity index (χ1v) is 8.47. The van der Waals surface area contributed by atoms with Gasteiger partial charge in [-0.15, -0.1) is 0 Å². The Morgan fingerprint density at radius 2 is 1.92 bits per heavy atom.